The molecule has 7 heavy (non-hydrogen) atoms. The van der Waals surface area contributed by atoms with E-state index in [0.29, 0.717) is 0 Å². The van der Waals surface area contributed by atoms with Crippen LogP contribution in [0, 0.1) is 0 Å². The summed E-state index contributed by atoms with van der Waals surface area (Å²) in [6.07, 6.45) is 0. The van der Waals surface area contributed by atoms with Gasteiger partial charge < -0.3 is 16.2 Å². The molecule has 3 nitrogen and oxygen atoms in total. The average Bonchev–Trinajstić information content (AvgIpc) is 0.722. The van der Waals surface area contributed by atoms with E-state index in [9.17, 15) is 0 Å². The smallest absolute Gasteiger partial charge is 0.768 e. The van der Waals surface area contributed by atoms with E-state index < -0.39 is 9.15 Å². The number of rotatable bonds is 0. The van der Waals surface area contributed by atoms with Crippen molar-refractivity contribution in [3.63, 3.8) is 0 Å². The van der Waals surface area contributed by atoms with Crippen LogP contribution in [0.1, 0.15) is 0 Å². The molecule has 0 atom stereocenters. The van der Waals surface area contributed by atoms with Crippen LogP contribution in [0.25, 0.3) is 0 Å². The molecule has 0 bridgehead atoms. The van der Waals surface area contributed by atoms with Crippen LogP contribution < -0.4 is 0 Å². The van der Waals surface area contributed by atoms with Crippen molar-refractivity contribution < 1.29 is 47.1 Å². The van der Waals surface area contributed by atoms with Gasteiger partial charge in [-0.1, -0.05) is 0 Å². The average molecular weight is 239 g/mol. The molecule has 0 aliphatic rings. The van der Waals surface area contributed by atoms with E-state index in [2.05, 4.69) is 11.7 Å². The Morgan fingerprint density at radius 1 is 1.29 bits per heavy atom. The summed E-state index contributed by atoms with van der Waals surface area (Å²) in [5.41, 5.74) is 0. The van der Waals surface area contributed by atoms with Gasteiger partial charge >= 0.3 is 34.1 Å². The Morgan fingerprint density at radius 3 is 1.29 bits per heavy atom. The second kappa shape index (κ2) is 5.44. The fourth-order valence-electron chi connectivity index (χ4n) is 0. The van der Waals surface area contributed by atoms with Gasteiger partial charge in [0.2, 0.25) is 0 Å². The molecule has 0 radical (unpaired) electrons. The number of hydrogen-bond donors (Lipinski definition) is 0. The zero-order valence-corrected chi connectivity index (χ0v) is 6.16. The summed E-state index contributed by atoms with van der Waals surface area (Å²) in [5, 5.41) is 0. The number of hydrogen-bond acceptors (Lipinski definition) is 4. The molecule has 0 heterocycles. The fraction of sp³-hybridized carbons (Fsp3) is 0. The van der Waals surface area contributed by atoms with Crippen LogP contribution >= 0.6 is 0 Å². The molecule has 0 amide bonds. The van der Waals surface area contributed by atoms with E-state index in [1.165, 1.54) is 0 Å². The first-order chi connectivity index (χ1) is 2.00. The van der Waals surface area contributed by atoms with Gasteiger partial charge in [-0.25, -0.2) is 0 Å². The summed E-state index contributed by atoms with van der Waals surface area (Å²) in [4.78, 5) is 0. The third-order valence-corrected chi connectivity index (χ3v) is 0. The van der Waals surface area contributed by atoms with E-state index in [-0.39, 0.29) is 34.1 Å². The zero-order chi connectivity index (χ0) is 4.50. The first-order valence-electron chi connectivity index (χ1n) is 0.667. The summed E-state index contributed by atoms with van der Waals surface area (Å²) in [5.74, 6) is 0. The van der Waals surface area contributed by atoms with Crippen molar-refractivity contribution >= 4 is 20.8 Å². The van der Waals surface area contributed by atoms with Crippen LogP contribution in [0.2, 0.25) is 0 Å². The maximum absolute atomic E-state index is 8.89. The van der Waals surface area contributed by atoms with Crippen molar-refractivity contribution in [2.75, 3.05) is 0 Å². The SMILES string of the molecule is O=S(=O)([O-])[S-].[Cu+].[Cu+]. The van der Waals surface area contributed by atoms with Crippen LogP contribution in [0.15, 0.2) is 0 Å². The monoisotopic (exact) mass is 238 g/mol. The predicted molar refractivity (Wildman–Crippen MR) is 17.1 cm³/mol. The molecular formula is Cu2O3S2. The molecule has 0 aliphatic heterocycles. The fourth-order valence-corrected chi connectivity index (χ4v) is 0. The van der Waals surface area contributed by atoms with Crippen LogP contribution in [-0.4, -0.2) is 13.0 Å². The van der Waals surface area contributed by atoms with Gasteiger partial charge in [0, 0.05) is 0 Å². The van der Waals surface area contributed by atoms with Crippen LogP contribution in [0.3, 0.4) is 0 Å². The summed E-state index contributed by atoms with van der Waals surface area (Å²) < 4.78 is 26.7. The van der Waals surface area contributed by atoms with Gasteiger partial charge in [0.25, 0.3) is 0 Å². The molecule has 52 valence electrons. The standard InChI is InChI=1S/2Cu.H2O3S2/c;;1-5(2,3)4/h;;(H2,1,2,3,4)/q2*+1;/p-2. The minimum Gasteiger partial charge on any atom is -0.768 e. The molecule has 0 aromatic rings. The Kier molecular flexibility index (Phi) is 12.2. The molecule has 0 unspecified atom stereocenters. The van der Waals surface area contributed by atoms with Crippen molar-refractivity contribution in [1.29, 1.82) is 0 Å². The van der Waals surface area contributed by atoms with E-state index >= 15 is 0 Å². The molecule has 0 aliphatic carbocycles. The molecule has 0 spiro atoms. The van der Waals surface area contributed by atoms with Crippen molar-refractivity contribution in [2.45, 2.75) is 0 Å². The molecule has 0 aromatic heterocycles. The first kappa shape index (κ1) is 15.7. The molecule has 0 rings (SSSR count). The van der Waals surface area contributed by atoms with E-state index in [4.69, 9.17) is 13.0 Å². The summed E-state index contributed by atoms with van der Waals surface area (Å²) in [7, 11) is -4.33. The van der Waals surface area contributed by atoms with Crippen LogP contribution in [0.5, 0.6) is 0 Å². The molecule has 0 fully saturated rings. The second-order valence-corrected chi connectivity index (χ2v) is 2.45. The van der Waals surface area contributed by atoms with Gasteiger partial charge in [-0.3, -0.25) is 8.42 Å². The maximum Gasteiger partial charge on any atom is 1.00 e. The minimum absolute atomic E-state index is 0. The molecule has 0 saturated heterocycles. The van der Waals surface area contributed by atoms with Crippen molar-refractivity contribution in [3.05, 3.63) is 0 Å². The van der Waals surface area contributed by atoms with Gasteiger partial charge in [-0.15, -0.1) is 0 Å². The second-order valence-electron chi connectivity index (χ2n) is 0.408. The van der Waals surface area contributed by atoms with E-state index in [1.807, 2.05) is 0 Å². The first-order valence-corrected chi connectivity index (χ1v) is 3.00. The van der Waals surface area contributed by atoms with Gasteiger partial charge in [0.15, 0.2) is 0 Å². The van der Waals surface area contributed by atoms with Gasteiger partial charge in [-0.2, -0.15) is 0 Å². The van der Waals surface area contributed by atoms with Crippen LogP contribution in [0.4, 0.5) is 0 Å². The Hall–Kier alpha value is 1.30. The molecule has 0 aromatic carbocycles. The van der Waals surface area contributed by atoms with Crippen molar-refractivity contribution in [1.82, 2.24) is 0 Å². The summed E-state index contributed by atoms with van der Waals surface area (Å²) in [6, 6.07) is 0. The van der Waals surface area contributed by atoms with Crippen molar-refractivity contribution in [2.24, 2.45) is 0 Å². The Bertz CT molecular complexity index is 94.1. The Labute approximate surface area is 67.7 Å². The van der Waals surface area contributed by atoms with Gasteiger partial charge in [0.1, 0.15) is 0 Å². The topological polar surface area (TPSA) is 57.2 Å². The third kappa shape index (κ3) is 121. The third-order valence-electron chi connectivity index (χ3n) is 0. The van der Waals surface area contributed by atoms with E-state index in [1.54, 1.807) is 0 Å². The van der Waals surface area contributed by atoms with Crippen molar-refractivity contribution in [3.8, 4) is 0 Å². The van der Waals surface area contributed by atoms with E-state index in [0.717, 1.165) is 0 Å². The summed E-state index contributed by atoms with van der Waals surface area (Å²) in [6.45, 7) is 0. The normalized spacial score (nSPS) is 8.29. The maximum atomic E-state index is 8.89. The van der Waals surface area contributed by atoms with Gasteiger partial charge in [-0.05, 0) is 9.15 Å². The quantitative estimate of drug-likeness (QED) is 0.235. The summed E-state index contributed by atoms with van der Waals surface area (Å²) >= 11 is 3.24. The molecule has 0 saturated carbocycles. The molecule has 7 heteroatoms. The largest absolute Gasteiger partial charge is 1.00 e. The molecular weight excluding hydrogens is 239 g/mol. The van der Waals surface area contributed by atoms with Crippen LogP contribution in [-0.2, 0) is 54.9 Å². The van der Waals surface area contributed by atoms with Gasteiger partial charge in [0.05, 0.1) is 0 Å². The minimum atomic E-state index is -4.33. The molecule has 0 N–H and O–H groups in total. The zero-order valence-electron chi connectivity index (χ0n) is 2.64. The Morgan fingerprint density at radius 2 is 1.29 bits per heavy atom. The predicted octanol–water partition coefficient (Wildman–Crippen LogP) is -1.01. The Balaban J connectivity index is -0.0000000800.